The lowest BCUT2D eigenvalue weighted by Gasteiger charge is -2.33. The average molecular weight is 392 g/mol. The molecular formula is C15H19Cl2N3O3S. The van der Waals surface area contributed by atoms with Crippen LogP contribution in [0.15, 0.2) is 35.7 Å². The second kappa shape index (κ2) is 8.31. The van der Waals surface area contributed by atoms with Crippen LogP contribution >= 0.6 is 23.2 Å². The van der Waals surface area contributed by atoms with Crippen molar-refractivity contribution < 1.29 is 13.2 Å². The zero-order valence-electron chi connectivity index (χ0n) is 13.0. The van der Waals surface area contributed by atoms with Crippen LogP contribution < -0.4 is 5.32 Å². The molecule has 1 fully saturated rings. The van der Waals surface area contributed by atoms with Gasteiger partial charge in [-0.3, -0.25) is 9.69 Å². The highest BCUT2D eigenvalue weighted by Crippen LogP contribution is 2.31. The van der Waals surface area contributed by atoms with E-state index in [0.29, 0.717) is 19.6 Å². The minimum atomic E-state index is -3.76. The number of carbonyl (C=O) groups is 1. The fraction of sp³-hybridized carbons (Fsp3) is 0.400. The predicted molar refractivity (Wildman–Crippen MR) is 94.9 cm³/mol. The lowest BCUT2D eigenvalue weighted by atomic mass is 10.3. The highest BCUT2D eigenvalue weighted by atomic mass is 35.5. The number of nitrogens with one attached hydrogen (secondary N) is 1. The highest BCUT2D eigenvalue weighted by molar-refractivity contribution is 7.89. The standard InChI is InChI=1S/C15H19Cl2N3O3S/c1-2-6-18-14(21)11-19-7-9-20(10-8-19)24(22,23)15-12(16)4-3-5-13(15)17/h2-5H,1,6-11H2,(H,18,21). The Balaban J connectivity index is 2.01. The van der Waals surface area contributed by atoms with Gasteiger partial charge in [-0.15, -0.1) is 6.58 Å². The summed E-state index contributed by atoms with van der Waals surface area (Å²) in [7, 11) is -3.76. The first-order valence-electron chi connectivity index (χ1n) is 7.40. The number of piperazine rings is 1. The lowest BCUT2D eigenvalue weighted by molar-refractivity contribution is -0.122. The van der Waals surface area contributed by atoms with E-state index in [4.69, 9.17) is 23.2 Å². The second-order valence-corrected chi connectivity index (χ2v) is 8.01. The van der Waals surface area contributed by atoms with Crippen LogP contribution in [0.25, 0.3) is 0 Å². The molecule has 0 radical (unpaired) electrons. The number of hydrogen-bond donors (Lipinski definition) is 1. The fourth-order valence-electron chi connectivity index (χ4n) is 2.43. The van der Waals surface area contributed by atoms with E-state index in [0.717, 1.165) is 0 Å². The van der Waals surface area contributed by atoms with Gasteiger partial charge in [0.25, 0.3) is 0 Å². The van der Waals surface area contributed by atoms with Gasteiger partial charge in [0, 0.05) is 32.7 Å². The van der Waals surface area contributed by atoms with Gasteiger partial charge in [-0.05, 0) is 12.1 Å². The van der Waals surface area contributed by atoms with Crippen LogP contribution in [0.5, 0.6) is 0 Å². The Morgan fingerprint density at radius 1 is 1.21 bits per heavy atom. The maximum absolute atomic E-state index is 12.7. The van der Waals surface area contributed by atoms with Crippen molar-refractivity contribution in [3.05, 3.63) is 40.9 Å². The van der Waals surface area contributed by atoms with Gasteiger partial charge in [-0.1, -0.05) is 35.3 Å². The summed E-state index contributed by atoms with van der Waals surface area (Å²) in [5.74, 6) is -0.111. The van der Waals surface area contributed by atoms with Gasteiger partial charge in [-0.25, -0.2) is 8.42 Å². The summed E-state index contributed by atoms with van der Waals surface area (Å²) in [5, 5.41) is 2.91. The number of sulfonamides is 1. The number of amides is 1. The third kappa shape index (κ3) is 4.49. The smallest absolute Gasteiger partial charge is 0.246 e. The Morgan fingerprint density at radius 3 is 2.33 bits per heavy atom. The largest absolute Gasteiger partial charge is 0.352 e. The number of halogens is 2. The quantitative estimate of drug-likeness (QED) is 0.747. The van der Waals surface area contributed by atoms with Gasteiger partial charge in [0.1, 0.15) is 4.90 Å². The molecule has 0 spiro atoms. The molecule has 1 aliphatic heterocycles. The van der Waals surface area contributed by atoms with Crippen LogP contribution in [0, 0.1) is 0 Å². The summed E-state index contributed by atoms with van der Waals surface area (Å²) in [6, 6.07) is 4.60. The van der Waals surface area contributed by atoms with Gasteiger partial charge in [0.15, 0.2) is 0 Å². The average Bonchev–Trinajstić information content (AvgIpc) is 2.53. The Labute approximate surface area is 152 Å². The molecule has 0 unspecified atom stereocenters. The zero-order valence-corrected chi connectivity index (χ0v) is 15.4. The SMILES string of the molecule is C=CCNC(=O)CN1CCN(S(=O)(=O)c2c(Cl)cccc2Cl)CC1. The van der Waals surface area contributed by atoms with E-state index >= 15 is 0 Å². The van der Waals surface area contributed by atoms with Gasteiger partial charge < -0.3 is 5.32 Å². The molecule has 6 nitrogen and oxygen atoms in total. The summed E-state index contributed by atoms with van der Waals surface area (Å²) >= 11 is 12.0. The Morgan fingerprint density at radius 2 is 1.79 bits per heavy atom. The summed E-state index contributed by atoms with van der Waals surface area (Å²) in [6.07, 6.45) is 1.61. The van der Waals surface area contributed by atoms with Crippen molar-refractivity contribution in [2.75, 3.05) is 39.3 Å². The van der Waals surface area contributed by atoms with Gasteiger partial charge >= 0.3 is 0 Å². The third-order valence-corrected chi connectivity index (χ3v) is 6.51. The van der Waals surface area contributed by atoms with Crippen LogP contribution in [0.1, 0.15) is 0 Å². The molecule has 0 aliphatic carbocycles. The number of benzene rings is 1. The van der Waals surface area contributed by atoms with E-state index in [2.05, 4.69) is 11.9 Å². The number of nitrogens with zero attached hydrogens (tertiary/aromatic N) is 2. The van der Waals surface area contributed by atoms with E-state index in [1.54, 1.807) is 12.1 Å². The molecule has 1 saturated heterocycles. The molecule has 0 bridgehead atoms. The number of hydrogen-bond acceptors (Lipinski definition) is 4. The third-order valence-electron chi connectivity index (χ3n) is 3.66. The van der Waals surface area contributed by atoms with Crippen LogP contribution in [-0.4, -0.2) is 62.8 Å². The summed E-state index contributed by atoms with van der Waals surface area (Å²) < 4.78 is 26.8. The molecule has 0 saturated carbocycles. The van der Waals surface area contributed by atoms with Crippen molar-refractivity contribution in [2.45, 2.75) is 4.90 Å². The number of carbonyl (C=O) groups excluding carboxylic acids is 1. The maximum atomic E-state index is 12.7. The Bertz CT molecular complexity index is 696. The molecule has 1 amide bonds. The van der Waals surface area contributed by atoms with Crippen molar-refractivity contribution in [1.29, 1.82) is 0 Å². The number of rotatable bonds is 6. The molecule has 1 aromatic carbocycles. The molecule has 1 heterocycles. The molecule has 24 heavy (non-hydrogen) atoms. The fourth-order valence-corrected chi connectivity index (χ4v) is 4.94. The first-order chi connectivity index (χ1) is 11.4. The molecule has 1 aliphatic rings. The molecule has 2 rings (SSSR count). The Hall–Kier alpha value is -1.12. The van der Waals surface area contributed by atoms with Crippen LogP contribution in [0.4, 0.5) is 0 Å². The molecule has 9 heteroatoms. The molecule has 132 valence electrons. The van der Waals surface area contributed by atoms with Crippen molar-refractivity contribution in [2.24, 2.45) is 0 Å². The van der Waals surface area contributed by atoms with E-state index in [9.17, 15) is 13.2 Å². The maximum Gasteiger partial charge on any atom is 0.246 e. The molecule has 0 aromatic heterocycles. The van der Waals surface area contributed by atoms with Crippen molar-refractivity contribution in [1.82, 2.24) is 14.5 Å². The van der Waals surface area contributed by atoms with Crippen molar-refractivity contribution in [3.8, 4) is 0 Å². The summed E-state index contributed by atoms with van der Waals surface area (Å²) in [5.41, 5.74) is 0. The summed E-state index contributed by atoms with van der Waals surface area (Å²) in [4.78, 5) is 13.5. The normalized spacial score (nSPS) is 16.8. The molecule has 0 atom stereocenters. The first-order valence-corrected chi connectivity index (χ1v) is 9.60. The first kappa shape index (κ1) is 19.2. The van der Waals surface area contributed by atoms with Crippen molar-refractivity contribution in [3.63, 3.8) is 0 Å². The van der Waals surface area contributed by atoms with E-state index in [1.165, 1.54) is 16.4 Å². The van der Waals surface area contributed by atoms with Crippen LogP contribution in [0.2, 0.25) is 10.0 Å². The van der Waals surface area contributed by atoms with Gasteiger partial charge in [-0.2, -0.15) is 4.31 Å². The summed E-state index contributed by atoms with van der Waals surface area (Å²) in [6.45, 7) is 5.66. The van der Waals surface area contributed by atoms with E-state index < -0.39 is 10.0 Å². The lowest BCUT2D eigenvalue weighted by Crippen LogP contribution is -2.51. The molecule has 1 aromatic rings. The van der Waals surface area contributed by atoms with Crippen LogP contribution in [-0.2, 0) is 14.8 Å². The molecular weight excluding hydrogens is 373 g/mol. The second-order valence-electron chi connectivity index (χ2n) is 5.32. The topological polar surface area (TPSA) is 69.7 Å². The minimum absolute atomic E-state index is 0.0643. The monoisotopic (exact) mass is 391 g/mol. The van der Waals surface area contributed by atoms with E-state index in [1.807, 2.05) is 4.90 Å². The van der Waals surface area contributed by atoms with Crippen molar-refractivity contribution >= 4 is 39.1 Å². The molecule has 1 N–H and O–H groups in total. The highest BCUT2D eigenvalue weighted by Gasteiger charge is 2.32. The Kier molecular flexibility index (Phi) is 6.65. The minimum Gasteiger partial charge on any atom is -0.352 e. The van der Waals surface area contributed by atoms with Gasteiger partial charge in [0.05, 0.1) is 16.6 Å². The van der Waals surface area contributed by atoms with Crippen LogP contribution in [0.3, 0.4) is 0 Å². The predicted octanol–water partition coefficient (Wildman–Crippen LogP) is 1.60. The van der Waals surface area contributed by atoms with Gasteiger partial charge in [0.2, 0.25) is 15.9 Å². The zero-order chi connectivity index (χ0) is 17.7. The van der Waals surface area contributed by atoms with E-state index in [-0.39, 0.29) is 40.5 Å².